The van der Waals surface area contributed by atoms with E-state index in [1.807, 2.05) is 0 Å². The van der Waals surface area contributed by atoms with Crippen LogP contribution in [0.5, 0.6) is 5.75 Å². The third-order valence-electron chi connectivity index (χ3n) is 4.96. The Morgan fingerprint density at radius 2 is 2.17 bits per heavy atom. The number of carbonyl (C=O) groups is 2. The van der Waals surface area contributed by atoms with Gasteiger partial charge in [0.1, 0.15) is 24.0 Å². The van der Waals surface area contributed by atoms with Crippen LogP contribution in [0.3, 0.4) is 0 Å². The molecular formula is C20H20ClN3O5S. The predicted octanol–water partition coefficient (Wildman–Crippen LogP) is 2.12. The molecule has 10 heteroatoms. The highest BCUT2D eigenvalue weighted by Crippen LogP contribution is 2.24. The first-order valence-electron chi connectivity index (χ1n) is 9.51. The van der Waals surface area contributed by atoms with Crippen LogP contribution < -0.4 is 10.3 Å². The number of rotatable bonds is 5. The number of thioether (sulfide) groups is 1. The van der Waals surface area contributed by atoms with Gasteiger partial charge in [0, 0.05) is 30.1 Å². The first-order chi connectivity index (χ1) is 14.4. The Labute approximate surface area is 182 Å². The Morgan fingerprint density at radius 1 is 1.33 bits per heavy atom. The summed E-state index contributed by atoms with van der Waals surface area (Å²) in [5.41, 5.74) is 0.155. The lowest BCUT2D eigenvalue weighted by Crippen LogP contribution is -2.49. The van der Waals surface area contributed by atoms with Gasteiger partial charge < -0.3 is 14.4 Å². The van der Waals surface area contributed by atoms with Gasteiger partial charge in [-0.2, -0.15) is 0 Å². The maximum atomic E-state index is 12.9. The predicted molar refractivity (Wildman–Crippen MR) is 112 cm³/mol. The van der Waals surface area contributed by atoms with E-state index in [4.69, 9.17) is 21.1 Å². The highest BCUT2D eigenvalue weighted by atomic mass is 35.5. The summed E-state index contributed by atoms with van der Waals surface area (Å²) in [4.78, 5) is 43.2. The Balaban J connectivity index is 1.44. The molecule has 0 aliphatic carbocycles. The van der Waals surface area contributed by atoms with E-state index >= 15 is 0 Å². The Hall–Kier alpha value is -2.36. The van der Waals surface area contributed by atoms with Crippen LogP contribution in [0.2, 0.25) is 5.02 Å². The van der Waals surface area contributed by atoms with Gasteiger partial charge in [-0.3, -0.25) is 19.0 Å². The quantitative estimate of drug-likeness (QED) is 0.510. The minimum Gasteiger partial charge on any atom is -0.490 e. The van der Waals surface area contributed by atoms with Crippen LogP contribution in [0.1, 0.15) is 27.6 Å². The fourth-order valence-corrected chi connectivity index (χ4v) is 4.51. The fraction of sp³-hybridized carbons (Fsp3) is 0.400. The Kier molecular flexibility index (Phi) is 6.12. The van der Waals surface area contributed by atoms with E-state index < -0.39 is 0 Å². The van der Waals surface area contributed by atoms with Crippen molar-refractivity contribution in [3.63, 3.8) is 0 Å². The van der Waals surface area contributed by atoms with Crippen molar-refractivity contribution in [3.8, 4) is 5.75 Å². The summed E-state index contributed by atoms with van der Waals surface area (Å²) < 4.78 is 13.0. The number of aromatic nitrogens is 2. The topological polar surface area (TPSA) is 90.7 Å². The number of amides is 1. The van der Waals surface area contributed by atoms with Crippen LogP contribution in [-0.4, -0.2) is 64.3 Å². The number of benzene rings is 1. The molecule has 1 unspecified atom stereocenters. The third-order valence-corrected chi connectivity index (χ3v) is 6.16. The summed E-state index contributed by atoms with van der Waals surface area (Å²) in [5, 5.41) is 1.10. The van der Waals surface area contributed by atoms with Crippen molar-refractivity contribution in [2.75, 3.05) is 32.1 Å². The van der Waals surface area contributed by atoms with Gasteiger partial charge in [-0.1, -0.05) is 23.4 Å². The summed E-state index contributed by atoms with van der Waals surface area (Å²) in [7, 11) is 0. The second-order valence-corrected chi connectivity index (χ2v) is 8.51. The summed E-state index contributed by atoms with van der Waals surface area (Å²) in [6, 6.07) is 4.84. The van der Waals surface area contributed by atoms with Crippen LogP contribution >= 0.6 is 23.4 Å². The second-order valence-electron chi connectivity index (χ2n) is 7.01. The van der Waals surface area contributed by atoms with E-state index in [9.17, 15) is 14.4 Å². The van der Waals surface area contributed by atoms with Crippen molar-refractivity contribution in [2.24, 2.45) is 0 Å². The number of ketones is 1. The molecule has 1 amide bonds. The van der Waals surface area contributed by atoms with Gasteiger partial charge in [-0.05, 0) is 25.1 Å². The van der Waals surface area contributed by atoms with Gasteiger partial charge in [0.15, 0.2) is 10.9 Å². The Morgan fingerprint density at radius 3 is 2.97 bits per heavy atom. The van der Waals surface area contributed by atoms with E-state index in [-0.39, 0.29) is 42.1 Å². The summed E-state index contributed by atoms with van der Waals surface area (Å²) in [6.45, 7) is 3.14. The molecule has 0 radical (unpaired) electrons. The minimum absolute atomic E-state index is 0.0689. The van der Waals surface area contributed by atoms with Crippen molar-refractivity contribution in [1.82, 2.24) is 14.5 Å². The smallest absolute Gasteiger partial charge is 0.267 e. The number of nitrogens with zero attached hydrogens (tertiary/aromatic N) is 3. The van der Waals surface area contributed by atoms with Crippen LogP contribution in [0.4, 0.5) is 0 Å². The van der Waals surface area contributed by atoms with Gasteiger partial charge in [-0.25, -0.2) is 4.98 Å². The van der Waals surface area contributed by atoms with Crippen molar-refractivity contribution in [2.45, 2.75) is 24.7 Å². The highest BCUT2D eigenvalue weighted by Gasteiger charge is 2.29. The standard InChI is InChI=1S/C20H20ClN3O5S/c1-12(25)15-8-13(21)2-3-17(15)29-11-14-10-23(4-6-28-14)18(26)16-9-22-20-24(19(16)27)5-7-30-20/h2-3,8-9,14H,4-7,10-11H2,1H3. The zero-order valence-electron chi connectivity index (χ0n) is 16.3. The number of hydrogen-bond donors (Lipinski definition) is 0. The number of fused-ring (bicyclic) bond motifs is 1. The van der Waals surface area contributed by atoms with Gasteiger partial charge in [0.05, 0.1) is 18.7 Å². The number of carbonyl (C=O) groups excluding carboxylic acids is 2. The lowest BCUT2D eigenvalue weighted by atomic mass is 10.1. The van der Waals surface area contributed by atoms with Crippen molar-refractivity contribution in [3.05, 3.63) is 50.9 Å². The fourth-order valence-electron chi connectivity index (χ4n) is 3.43. The highest BCUT2D eigenvalue weighted by molar-refractivity contribution is 7.99. The lowest BCUT2D eigenvalue weighted by molar-refractivity contribution is -0.0402. The van der Waals surface area contributed by atoms with E-state index in [1.165, 1.54) is 24.9 Å². The molecule has 1 aromatic carbocycles. The summed E-state index contributed by atoms with van der Waals surface area (Å²) in [6.07, 6.45) is 0.974. The number of ether oxygens (including phenoxy) is 2. The summed E-state index contributed by atoms with van der Waals surface area (Å²) >= 11 is 7.46. The number of hydrogen-bond acceptors (Lipinski definition) is 7. The maximum absolute atomic E-state index is 12.9. The maximum Gasteiger partial charge on any atom is 0.267 e. The first-order valence-corrected chi connectivity index (χ1v) is 10.9. The van der Waals surface area contributed by atoms with E-state index in [1.54, 1.807) is 27.7 Å². The number of morpholine rings is 1. The minimum atomic E-state index is -0.390. The van der Waals surface area contributed by atoms with E-state index in [0.717, 1.165) is 5.75 Å². The van der Waals surface area contributed by atoms with E-state index in [0.29, 0.717) is 41.2 Å². The van der Waals surface area contributed by atoms with Crippen LogP contribution in [0, 0.1) is 0 Å². The molecule has 1 atom stereocenters. The largest absolute Gasteiger partial charge is 0.490 e. The molecule has 30 heavy (non-hydrogen) atoms. The molecule has 2 aliphatic heterocycles. The third kappa shape index (κ3) is 4.23. The lowest BCUT2D eigenvalue weighted by Gasteiger charge is -2.32. The van der Waals surface area contributed by atoms with Gasteiger partial charge in [-0.15, -0.1) is 0 Å². The molecule has 0 bridgehead atoms. The second kappa shape index (κ2) is 8.79. The number of Topliss-reactive ketones (excluding diaryl/α,β-unsaturated/α-hetero) is 1. The molecule has 158 valence electrons. The Bertz CT molecular complexity index is 1060. The van der Waals surface area contributed by atoms with Crippen molar-refractivity contribution < 1.29 is 19.1 Å². The zero-order chi connectivity index (χ0) is 21.3. The van der Waals surface area contributed by atoms with Crippen LogP contribution in [-0.2, 0) is 11.3 Å². The SMILES string of the molecule is CC(=O)c1cc(Cl)ccc1OCC1CN(C(=O)c2cnc3n(c2=O)CCS3)CCO1. The molecular weight excluding hydrogens is 430 g/mol. The molecule has 0 spiro atoms. The molecule has 2 aromatic rings. The monoisotopic (exact) mass is 449 g/mol. The molecule has 1 fully saturated rings. The van der Waals surface area contributed by atoms with Crippen LogP contribution in [0.15, 0.2) is 34.3 Å². The molecule has 3 heterocycles. The van der Waals surface area contributed by atoms with Gasteiger partial charge >= 0.3 is 0 Å². The first kappa shape index (κ1) is 20.9. The van der Waals surface area contributed by atoms with Gasteiger partial charge in [0.2, 0.25) is 0 Å². The zero-order valence-corrected chi connectivity index (χ0v) is 17.9. The molecule has 1 aromatic heterocycles. The molecule has 2 aliphatic rings. The molecule has 0 N–H and O–H groups in total. The van der Waals surface area contributed by atoms with E-state index in [2.05, 4.69) is 4.98 Å². The van der Waals surface area contributed by atoms with Crippen LogP contribution in [0.25, 0.3) is 0 Å². The average Bonchev–Trinajstić information content (AvgIpc) is 3.22. The molecule has 8 nitrogen and oxygen atoms in total. The molecule has 4 rings (SSSR count). The van der Waals surface area contributed by atoms with Gasteiger partial charge in [0.25, 0.3) is 11.5 Å². The van der Waals surface area contributed by atoms with Crippen molar-refractivity contribution in [1.29, 1.82) is 0 Å². The average molecular weight is 450 g/mol. The molecule has 1 saturated heterocycles. The number of halogens is 1. The normalized spacial score (nSPS) is 18.2. The molecule has 0 saturated carbocycles. The van der Waals surface area contributed by atoms with Crippen molar-refractivity contribution >= 4 is 35.1 Å². The summed E-state index contributed by atoms with van der Waals surface area (Å²) in [5.74, 6) is 0.683.